The zero-order valence-electron chi connectivity index (χ0n) is 14.6. The molecule has 2 aromatic rings. The van der Waals surface area contributed by atoms with Gasteiger partial charge in [0.05, 0.1) is 18.7 Å². The topological polar surface area (TPSA) is 97.6 Å². The van der Waals surface area contributed by atoms with Crippen LogP contribution < -0.4 is 15.8 Å². The van der Waals surface area contributed by atoms with Gasteiger partial charge in [-0.3, -0.25) is 9.59 Å². The number of carbonyl (C=O) groups is 2. The lowest BCUT2D eigenvalue weighted by atomic mass is 10.1. The summed E-state index contributed by atoms with van der Waals surface area (Å²) < 4.78 is 5.33. The van der Waals surface area contributed by atoms with Gasteiger partial charge in [-0.25, -0.2) is 4.98 Å². The number of aromatic nitrogens is 1. The van der Waals surface area contributed by atoms with Crippen molar-refractivity contribution in [1.29, 1.82) is 0 Å². The number of benzene rings is 1. The number of nitrogens with one attached hydrogen (secondary N) is 1. The number of thiazole rings is 1. The predicted octanol–water partition coefficient (Wildman–Crippen LogP) is 1.44. The van der Waals surface area contributed by atoms with E-state index in [2.05, 4.69) is 10.3 Å². The molecular formula is C18H22N4O3S. The van der Waals surface area contributed by atoms with Crippen molar-refractivity contribution in [3.8, 4) is 5.75 Å². The van der Waals surface area contributed by atoms with Crippen molar-refractivity contribution in [3.63, 3.8) is 0 Å². The Morgan fingerprint density at radius 2 is 2.27 bits per heavy atom. The number of amides is 2. The molecule has 3 rings (SSSR count). The van der Waals surface area contributed by atoms with Crippen molar-refractivity contribution in [3.05, 3.63) is 40.9 Å². The second-order valence-electron chi connectivity index (χ2n) is 6.21. The van der Waals surface area contributed by atoms with Gasteiger partial charge in [0.1, 0.15) is 5.75 Å². The minimum atomic E-state index is -0.322. The third-order valence-corrected chi connectivity index (χ3v) is 5.11. The van der Waals surface area contributed by atoms with E-state index in [0.29, 0.717) is 31.2 Å². The van der Waals surface area contributed by atoms with E-state index in [1.165, 1.54) is 11.3 Å². The molecule has 0 saturated carbocycles. The molecular weight excluding hydrogens is 352 g/mol. The van der Waals surface area contributed by atoms with Crippen LogP contribution in [0, 0.1) is 5.92 Å². The number of likely N-dealkylation sites (tertiary alicyclic amines) is 1. The van der Waals surface area contributed by atoms with Crippen molar-refractivity contribution >= 4 is 28.3 Å². The van der Waals surface area contributed by atoms with Crippen LogP contribution in [0.15, 0.2) is 29.6 Å². The number of carbonyl (C=O) groups excluding carboxylic acids is 2. The minimum Gasteiger partial charge on any atom is -0.496 e. The number of nitrogens with zero attached hydrogens (tertiary/aromatic N) is 2. The van der Waals surface area contributed by atoms with Crippen LogP contribution in [-0.2, 0) is 22.6 Å². The number of hydrogen-bond acceptors (Lipinski definition) is 6. The smallest absolute Gasteiger partial charge is 0.225 e. The van der Waals surface area contributed by atoms with Crippen LogP contribution in [0.3, 0.4) is 0 Å². The zero-order valence-corrected chi connectivity index (χ0v) is 15.4. The van der Waals surface area contributed by atoms with Gasteiger partial charge < -0.3 is 20.7 Å². The average molecular weight is 374 g/mol. The summed E-state index contributed by atoms with van der Waals surface area (Å²) in [7, 11) is 1.61. The van der Waals surface area contributed by atoms with Gasteiger partial charge in [-0.2, -0.15) is 0 Å². The quantitative estimate of drug-likeness (QED) is 0.764. The first-order valence-corrected chi connectivity index (χ1v) is 9.32. The Hall–Kier alpha value is -2.61. The van der Waals surface area contributed by atoms with Crippen LogP contribution in [0.5, 0.6) is 5.75 Å². The summed E-state index contributed by atoms with van der Waals surface area (Å²) in [6.07, 6.45) is 0.871. The molecule has 26 heavy (non-hydrogen) atoms. The van der Waals surface area contributed by atoms with Crippen LogP contribution in [0.1, 0.15) is 17.7 Å². The van der Waals surface area contributed by atoms with E-state index in [1.54, 1.807) is 12.0 Å². The lowest BCUT2D eigenvalue weighted by Crippen LogP contribution is -2.34. The number of rotatable bonds is 7. The van der Waals surface area contributed by atoms with Gasteiger partial charge in [-0.1, -0.05) is 18.2 Å². The molecule has 8 heteroatoms. The standard InChI is InChI=1S/C18H22N4O3S/c1-25-15-5-3-2-4-12(15)9-22-10-13(8-16(22)23)17(24)20-7-6-14-11-26-18(19)21-14/h2-5,11,13H,6-10H2,1H3,(H2,19,21)(H,20,24). The van der Waals surface area contributed by atoms with E-state index in [1.807, 2.05) is 29.6 Å². The summed E-state index contributed by atoms with van der Waals surface area (Å²) in [6, 6.07) is 7.60. The number of nitrogen functional groups attached to an aromatic ring is 1. The Bertz CT molecular complexity index is 792. The summed E-state index contributed by atoms with van der Waals surface area (Å²) in [5.74, 6) is 0.320. The monoisotopic (exact) mass is 374 g/mol. The fourth-order valence-corrected chi connectivity index (χ4v) is 3.63. The highest BCUT2D eigenvalue weighted by atomic mass is 32.1. The van der Waals surface area contributed by atoms with E-state index in [-0.39, 0.29) is 24.2 Å². The van der Waals surface area contributed by atoms with Crippen molar-refractivity contribution in [2.24, 2.45) is 5.92 Å². The number of anilines is 1. The molecule has 1 aliphatic heterocycles. The van der Waals surface area contributed by atoms with E-state index in [9.17, 15) is 9.59 Å². The highest BCUT2D eigenvalue weighted by Crippen LogP contribution is 2.24. The molecule has 2 amide bonds. The maximum absolute atomic E-state index is 12.4. The first kappa shape index (κ1) is 18.2. The Morgan fingerprint density at radius 3 is 3.00 bits per heavy atom. The Balaban J connectivity index is 1.51. The SMILES string of the molecule is COc1ccccc1CN1CC(C(=O)NCCc2csc(N)n2)CC1=O. The van der Waals surface area contributed by atoms with Gasteiger partial charge in [-0.05, 0) is 6.07 Å². The van der Waals surface area contributed by atoms with Gasteiger partial charge in [0.25, 0.3) is 0 Å². The van der Waals surface area contributed by atoms with Crippen LogP contribution in [0.4, 0.5) is 5.13 Å². The highest BCUT2D eigenvalue weighted by Gasteiger charge is 2.34. The summed E-state index contributed by atoms with van der Waals surface area (Å²) >= 11 is 1.39. The van der Waals surface area contributed by atoms with Crippen LogP contribution >= 0.6 is 11.3 Å². The fourth-order valence-electron chi connectivity index (χ4n) is 3.04. The highest BCUT2D eigenvalue weighted by molar-refractivity contribution is 7.13. The lowest BCUT2D eigenvalue weighted by molar-refractivity contribution is -0.129. The van der Waals surface area contributed by atoms with E-state index in [4.69, 9.17) is 10.5 Å². The van der Waals surface area contributed by atoms with Gasteiger partial charge in [0, 0.05) is 43.4 Å². The average Bonchev–Trinajstić information content (AvgIpc) is 3.21. The number of hydrogen-bond donors (Lipinski definition) is 2. The van der Waals surface area contributed by atoms with E-state index < -0.39 is 0 Å². The number of para-hydroxylation sites is 1. The van der Waals surface area contributed by atoms with Crippen LogP contribution in [0.2, 0.25) is 0 Å². The molecule has 1 aromatic carbocycles. The molecule has 1 aromatic heterocycles. The predicted molar refractivity (Wildman–Crippen MR) is 99.8 cm³/mol. The number of ether oxygens (including phenoxy) is 1. The Morgan fingerprint density at radius 1 is 1.46 bits per heavy atom. The molecule has 0 aliphatic carbocycles. The fraction of sp³-hybridized carbons (Fsp3) is 0.389. The second kappa shape index (κ2) is 8.18. The molecule has 1 atom stereocenters. The summed E-state index contributed by atoms with van der Waals surface area (Å²) in [5, 5.41) is 5.30. The summed E-state index contributed by atoms with van der Waals surface area (Å²) in [4.78, 5) is 30.5. The molecule has 0 radical (unpaired) electrons. The van der Waals surface area contributed by atoms with Crippen molar-refractivity contribution in [2.45, 2.75) is 19.4 Å². The van der Waals surface area contributed by atoms with Gasteiger partial charge in [0.2, 0.25) is 11.8 Å². The van der Waals surface area contributed by atoms with E-state index >= 15 is 0 Å². The summed E-state index contributed by atoms with van der Waals surface area (Å²) in [6.45, 7) is 1.36. The maximum Gasteiger partial charge on any atom is 0.225 e. The zero-order chi connectivity index (χ0) is 18.5. The largest absolute Gasteiger partial charge is 0.496 e. The first-order valence-electron chi connectivity index (χ1n) is 8.44. The molecule has 1 fully saturated rings. The lowest BCUT2D eigenvalue weighted by Gasteiger charge is -2.18. The Kier molecular flexibility index (Phi) is 5.72. The molecule has 1 unspecified atom stereocenters. The first-order chi connectivity index (χ1) is 12.6. The van der Waals surface area contributed by atoms with Crippen molar-refractivity contribution in [1.82, 2.24) is 15.2 Å². The maximum atomic E-state index is 12.4. The summed E-state index contributed by atoms with van der Waals surface area (Å²) in [5.41, 5.74) is 7.40. The molecule has 0 bridgehead atoms. The van der Waals surface area contributed by atoms with Crippen molar-refractivity contribution < 1.29 is 14.3 Å². The third kappa shape index (κ3) is 4.32. The van der Waals surface area contributed by atoms with Gasteiger partial charge in [-0.15, -0.1) is 11.3 Å². The Labute approximate surface area is 156 Å². The number of methoxy groups -OCH3 is 1. The molecule has 3 N–H and O–H groups in total. The molecule has 2 heterocycles. The van der Waals surface area contributed by atoms with Crippen LogP contribution in [0.25, 0.3) is 0 Å². The van der Waals surface area contributed by atoms with Gasteiger partial charge in [0.15, 0.2) is 5.13 Å². The third-order valence-electron chi connectivity index (χ3n) is 4.39. The van der Waals surface area contributed by atoms with E-state index in [0.717, 1.165) is 17.0 Å². The molecule has 1 saturated heterocycles. The molecule has 1 aliphatic rings. The normalized spacial score (nSPS) is 16.7. The minimum absolute atomic E-state index is 0.0108. The van der Waals surface area contributed by atoms with Crippen LogP contribution in [-0.4, -0.2) is 41.9 Å². The van der Waals surface area contributed by atoms with Gasteiger partial charge >= 0.3 is 0 Å². The second-order valence-corrected chi connectivity index (χ2v) is 7.09. The molecule has 7 nitrogen and oxygen atoms in total. The molecule has 0 spiro atoms. The molecule has 138 valence electrons. The number of nitrogens with two attached hydrogens (primary N) is 1. The van der Waals surface area contributed by atoms with Crippen molar-refractivity contribution in [2.75, 3.05) is 25.9 Å².